The first-order valence-electron chi connectivity index (χ1n) is 6.51. The number of fused-ring (bicyclic) bond motifs is 1. The molecule has 1 aromatic heterocycles. The van der Waals surface area contributed by atoms with Gasteiger partial charge in [-0.25, -0.2) is 0 Å². The monoisotopic (exact) mass is 280 g/mol. The van der Waals surface area contributed by atoms with Crippen LogP contribution in [0.1, 0.15) is 49.5 Å². The molecule has 2 rings (SSSR count). The van der Waals surface area contributed by atoms with Crippen LogP contribution in [-0.2, 0) is 0 Å². The summed E-state index contributed by atoms with van der Waals surface area (Å²) >= 11 is 0. The number of aromatic nitrogens is 1. The van der Waals surface area contributed by atoms with Gasteiger partial charge in [0.2, 0.25) is 5.91 Å². The van der Waals surface area contributed by atoms with Crippen LogP contribution in [0.4, 0.5) is 0 Å². The molecule has 0 aliphatic heterocycles. The summed E-state index contributed by atoms with van der Waals surface area (Å²) < 4.78 is 1.69. The van der Waals surface area contributed by atoms with Crippen LogP contribution in [-0.4, -0.2) is 10.5 Å². The molecule has 2 aromatic rings. The molecule has 1 heterocycles. The summed E-state index contributed by atoms with van der Waals surface area (Å²) in [7, 11) is 0. The quantitative estimate of drug-likeness (QED) is 0.923. The van der Waals surface area contributed by atoms with E-state index in [4.69, 9.17) is 5.73 Å². The highest BCUT2D eigenvalue weighted by molar-refractivity contribution is 5.93. The predicted molar refractivity (Wildman–Crippen MR) is 81.9 cm³/mol. The summed E-state index contributed by atoms with van der Waals surface area (Å²) in [6, 6.07) is 7.95. The Balaban J connectivity index is 0.00000180. The lowest BCUT2D eigenvalue weighted by atomic mass is 10.0. The van der Waals surface area contributed by atoms with Gasteiger partial charge in [0.15, 0.2) is 0 Å². The summed E-state index contributed by atoms with van der Waals surface area (Å²) in [5, 5.41) is 1.09. The topological polar surface area (TPSA) is 48.0 Å². The van der Waals surface area contributed by atoms with E-state index in [0.29, 0.717) is 0 Å². The minimum Gasteiger partial charge on any atom is -0.324 e. The van der Waals surface area contributed by atoms with Crippen LogP contribution in [0.25, 0.3) is 10.9 Å². The molecular formula is C15H21ClN2O. The SMILES string of the molecule is CCCC[C@H](N)c1cn(C(C)=O)c2ccccc12.Cl. The van der Waals surface area contributed by atoms with Crippen molar-refractivity contribution in [3.05, 3.63) is 36.0 Å². The van der Waals surface area contributed by atoms with Crippen molar-refractivity contribution in [3.63, 3.8) is 0 Å². The largest absolute Gasteiger partial charge is 0.324 e. The molecule has 0 unspecified atom stereocenters. The number of nitrogens with zero attached hydrogens (tertiary/aromatic N) is 1. The third kappa shape index (κ3) is 3.17. The highest BCUT2D eigenvalue weighted by Crippen LogP contribution is 2.27. The van der Waals surface area contributed by atoms with Crippen molar-refractivity contribution in [3.8, 4) is 0 Å². The molecule has 104 valence electrons. The van der Waals surface area contributed by atoms with Gasteiger partial charge in [0.25, 0.3) is 0 Å². The van der Waals surface area contributed by atoms with E-state index in [1.165, 1.54) is 0 Å². The molecule has 19 heavy (non-hydrogen) atoms. The highest BCUT2D eigenvalue weighted by atomic mass is 35.5. The zero-order chi connectivity index (χ0) is 13.1. The maximum absolute atomic E-state index is 11.6. The number of carbonyl (C=O) groups is 1. The van der Waals surface area contributed by atoms with Crippen molar-refractivity contribution in [2.75, 3.05) is 0 Å². The van der Waals surface area contributed by atoms with Crippen molar-refractivity contribution in [2.24, 2.45) is 5.73 Å². The van der Waals surface area contributed by atoms with Gasteiger partial charge in [0, 0.05) is 24.5 Å². The first-order chi connectivity index (χ1) is 8.65. The fraction of sp³-hybridized carbons (Fsp3) is 0.400. The fourth-order valence-electron chi connectivity index (χ4n) is 2.34. The number of benzene rings is 1. The van der Waals surface area contributed by atoms with Gasteiger partial charge in [-0.05, 0) is 18.1 Å². The van der Waals surface area contributed by atoms with Crippen LogP contribution in [0, 0.1) is 0 Å². The van der Waals surface area contributed by atoms with Crippen LogP contribution in [0.3, 0.4) is 0 Å². The maximum Gasteiger partial charge on any atom is 0.227 e. The van der Waals surface area contributed by atoms with Crippen molar-refractivity contribution in [1.82, 2.24) is 4.57 Å². The summed E-state index contributed by atoms with van der Waals surface area (Å²) in [6.07, 6.45) is 5.11. The van der Waals surface area contributed by atoms with E-state index in [1.54, 1.807) is 11.5 Å². The van der Waals surface area contributed by atoms with Gasteiger partial charge in [0.05, 0.1) is 5.52 Å². The Hall–Kier alpha value is -1.32. The van der Waals surface area contributed by atoms with Crippen molar-refractivity contribution in [1.29, 1.82) is 0 Å². The molecule has 3 nitrogen and oxygen atoms in total. The summed E-state index contributed by atoms with van der Waals surface area (Å²) in [5.74, 6) is 0.0279. The van der Waals surface area contributed by atoms with E-state index < -0.39 is 0 Å². The lowest BCUT2D eigenvalue weighted by Gasteiger charge is -2.09. The van der Waals surface area contributed by atoms with Crippen LogP contribution in [0.5, 0.6) is 0 Å². The van der Waals surface area contributed by atoms with Crippen LogP contribution in [0.15, 0.2) is 30.5 Å². The predicted octanol–water partition coefficient (Wildman–Crippen LogP) is 3.91. The minimum absolute atomic E-state index is 0. The van der Waals surface area contributed by atoms with Gasteiger partial charge in [-0.2, -0.15) is 0 Å². The highest BCUT2D eigenvalue weighted by Gasteiger charge is 2.15. The standard InChI is InChI=1S/C15H20N2O.ClH/c1-3-4-8-14(16)13-10-17(11(2)18)15-9-6-5-7-12(13)15;/h5-7,9-10,14H,3-4,8,16H2,1-2H3;1H/t14-;/m0./s1. The molecule has 0 aliphatic carbocycles. The first kappa shape index (κ1) is 15.7. The van der Waals surface area contributed by atoms with Gasteiger partial charge in [-0.3, -0.25) is 9.36 Å². The molecule has 4 heteroatoms. The Morgan fingerprint density at radius 1 is 1.37 bits per heavy atom. The van der Waals surface area contributed by atoms with Crippen LogP contribution in [0.2, 0.25) is 0 Å². The lowest BCUT2D eigenvalue weighted by molar-refractivity contribution is 0.0941. The Kier molecular flexibility index (Phi) is 5.58. The number of unbranched alkanes of at least 4 members (excludes halogenated alkanes) is 1. The van der Waals surface area contributed by atoms with E-state index in [-0.39, 0.29) is 24.4 Å². The zero-order valence-electron chi connectivity index (χ0n) is 11.4. The van der Waals surface area contributed by atoms with Gasteiger partial charge in [-0.15, -0.1) is 12.4 Å². The molecule has 0 saturated heterocycles. The van der Waals surface area contributed by atoms with Crippen molar-refractivity contribution < 1.29 is 4.79 Å². The third-order valence-corrected chi connectivity index (χ3v) is 3.35. The molecule has 1 aromatic carbocycles. The summed E-state index contributed by atoms with van der Waals surface area (Å²) in [6.45, 7) is 3.74. The molecule has 0 bridgehead atoms. The molecular weight excluding hydrogens is 260 g/mol. The number of hydrogen-bond donors (Lipinski definition) is 1. The second kappa shape index (κ2) is 6.73. The normalized spacial score (nSPS) is 12.2. The molecule has 0 amide bonds. The fourth-order valence-corrected chi connectivity index (χ4v) is 2.34. The van der Waals surface area contributed by atoms with Gasteiger partial charge in [0.1, 0.15) is 0 Å². The Bertz CT molecular complexity index is 562. The number of rotatable bonds is 4. The second-order valence-corrected chi connectivity index (χ2v) is 4.74. The number of carbonyl (C=O) groups excluding carboxylic acids is 1. The van der Waals surface area contributed by atoms with Crippen LogP contribution >= 0.6 is 12.4 Å². The lowest BCUT2D eigenvalue weighted by Crippen LogP contribution is -2.10. The van der Waals surface area contributed by atoms with E-state index >= 15 is 0 Å². The van der Waals surface area contributed by atoms with Crippen molar-refractivity contribution in [2.45, 2.75) is 39.2 Å². The van der Waals surface area contributed by atoms with Crippen molar-refractivity contribution >= 4 is 29.2 Å². The maximum atomic E-state index is 11.6. The summed E-state index contributed by atoms with van der Waals surface area (Å²) in [4.78, 5) is 11.6. The van der Waals surface area contributed by atoms with Gasteiger partial charge >= 0.3 is 0 Å². The molecule has 0 radical (unpaired) electrons. The number of hydrogen-bond acceptors (Lipinski definition) is 2. The van der Waals surface area contributed by atoms with Gasteiger partial charge < -0.3 is 5.73 Å². The smallest absolute Gasteiger partial charge is 0.227 e. The first-order valence-corrected chi connectivity index (χ1v) is 6.51. The molecule has 0 spiro atoms. The van der Waals surface area contributed by atoms with Gasteiger partial charge in [-0.1, -0.05) is 38.0 Å². The summed E-state index contributed by atoms with van der Waals surface area (Å²) in [5.41, 5.74) is 8.26. The average molecular weight is 281 g/mol. The molecule has 0 aliphatic rings. The second-order valence-electron chi connectivity index (χ2n) is 4.74. The van der Waals surface area contributed by atoms with E-state index in [1.807, 2.05) is 30.5 Å². The van der Waals surface area contributed by atoms with E-state index in [2.05, 4.69) is 6.92 Å². The molecule has 0 fully saturated rings. The molecule has 1 atom stereocenters. The Labute approximate surface area is 120 Å². The Morgan fingerprint density at radius 3 is 2.68 bits per heavy atom. The number of para-hydroxylation sites is 1. The zero-order valence-corrected chi connectivity index (χ0v) is 12.2. The van der Waals surface area contributed by atoms with E-state index in [0.717, 1.165) is 35.7 Å². The van der Waals surface area contributed by atoms with E-state index in [9.17, 15) is 4.79 Å². The van der Waals surface area contributed by atoms with Crippen LogP contribution < -0.4 is 5.73 Å². The molecule has 0 saturated carbocycles. The minimum atomic E-state index is 0. The Morgan fingerprint density at radius 2 is 2.05 bits per heavy atom. The average Bonchev–Trinajstić information content (AvgIpc) is 2.75. The third-order valence-electron chi connectivity index (χ3n) is 3.35. The number of halogens is 1. The molecule has 2 N–H and O–H groups in total. The number of nitrogens with two attached hydrogens (primary N) is 1.